The number of rotatable bonds is 0. The van der Waals surface area contributed by atoms with E-state index in [1.165, 1.54) is 11.1 Å². The van der Waals surface area contributed by atoms with Gasteiger partial charge < -0.3 is 0 Å². The SMILES string of the molecule is [c]1ccc2c(c1)C[CH]C2. The molecule has 0 nitrogen and oxygen atoms in total. The van der Waals surface area contributed by atoms with E-state index in [2.05, 4.69) is 24.6 Å². The van der Waals surface area contributed by atoms with Crippen LogP contribution in [0.15, 0.2) is 18.2 Å². The van der Waals surface area contributed by atoms with Crippen LogP contribution >= 0.6 is 0 Å². The molecule has 0 N–H and O–H groups in total. The minimum Gasteiger partial charge on any atom is -0.0581 e. The van der Waals surface area contributed by atoms with Gasteiger partial charge in [0.25, 0.3) is 0 Å². The fourth-order valence-corrected chi connectivity index (χ4v) is 1.27. The monoisotopic (exact) mass is 116 g/mol. The molecule has 0 spiro atoms. The number of hydrogen-bond acceptors (Lipinski definition) is 0. The van der Waals surface area contributed by atoms with E-state index in [1.54, 1.807) is 0 Å². The molecule has 0 heterocycles. The van der Waals surface area contributed by atoms with E-state index in [-0.39, 0.29) is 0 Å². The Morgan fingerprint density at radius 1 is 1.22 bits per heavy atom. The van der Waals surface area contributed by atoms with E-state index < -0.39 is 0 Å². The Bertz CT molecular complexity index is 190. The summed E-state index contributed by atoms with van der Waals surface area (Å²) in [5.41, 5.74) is 2.94. The van der Waals surface area contributed by atoms with Crippen molar-refractivity contribution in [1.29, 1.82) is 0 Å². The van der Waals surface area contributed by atoms with Crippen molar-refractivity contribution in [3.05, 3.63) is 41.8 Å². The first-order chi connectivity index (χ1) is 4.47. The second kappa shape index (κ2) is 1.87. The topological polar surface area (TPSA) is 0 Å². The zero-order valence-corrected chi connectivity index (χ0v) is 5.22. The molecule has 44 valence electrons. The lowest BCUT2D eigenvalue weighted by Crippen LogP contribution is -1.77. The molecule has 0 saturated heterocycles. The molecular formula is C9H8. The molecule has 0 amide bonds. The lowest BCUT2D eigenvalue weighted by atomic mass is 10.1. The molecule has 0 bridgehead atoms. The van der Waals surface area contributed by atoms with Crippen LogP contribution in [0.3, 0.4) is 0 Å². The van der Waals surface area contributed by atoms with Crippen molar-refractivity contribution in [1.82, 2.24) is 0 Å². The minimum atomic E-state index is 1.15. The molecule has 0 saturated carbocycles. The molecule has 0 atom stereocenters. The molecule has 1 aliphatic carbocycles. The molecular weight excluding hydrogens is 108 g/mol. The van der Waals surface area contributed by atoms with Gasteiger partial charge in [0.1, 0.15) is 0 Å². The summed E-state index contributed by atoms with van der Waals surface area (Å²) in [7, 11) is 0. The highest BCUT2D eigenvalue weighted by molar-refractivity contribution is 5.33. The van der Waals surface area contributed by atoms with Crippen molar-refractivity contribution in [2.75, 3.05) is 0 Å². The Balaban J connectivity index is 2.54. The van der Waals surface area contributed by atoms with Crippen LogP contribution < -0.4 is 0 Å². The van der Waals surface area contributed by atoms with E-state index in [1.807, 2.05) is 6.07 Å². The number of hydrogen-bond donors (Lipinski definition) is 0. The number of fused-ring (bicyclic) bond motifs is 1. The van der Waals surface area contributed by atoms with E-state index in [9.17, 15) is 0 Å². The number of benzene rings is 1. The van der Waals surface area contributed by atoms with Crippen LogP contribution in [0.1, 0.15) is 11.1 Å². The molecule has 0 heteroatoms. The molecule has 0 fully saturated rings. The summed E-state index contributed by atoms with van der Waals surface area (Å²) in [6, 6.07) is 9.29. The molecule has 1 aliphatic rings. The first kappa shape index (κ1) is 5.04. The Morgan fingerprint density at radius 2 is 2.11 bits per heavy atom. The summed E-state index contributed by atoms with van der Waals surface area (Å²) in [5.74, 6) is 0. The van der Waals surface area contributed by atoms with Gasteiger partial charge in [0, 0.05) is 0 Å². The van der Waals surface area contributed by atoms with E-state index in [4.69, 9.17) is 0 Å². The summed E-state index contributed by atoms with van der Waals surface area (Å²) in [6.45, 7) is 0. The van der Waals surface area contributed by atoms with Gasteiger partial charge >= 0.3 is 0 Å². The van der Waals surface area contributed by atoms with Gasteiger partial charge in [-0.3, -0.25) is 0 Å². The second-order valence-corrected chi connectivity index (χ2v) is 2.39. The third-order valence-corrected chi connectivity index (χ3v) is 1.78. The Labute approximate surface area is 55.5 Å². The van der Waals surface area contributed by atoms with Crippen molar-refractivity contribution in [3.8, 4) is 0 Å². The zero-order valence-electron chi connectivity index (χ0n) is 5.22. The predicted octanol–water partition coefficient (Wildman–Crippen LogP) is 1.79. The van der Waals surface area contributed by atoms with Crippen LogP contribution in [0, 0.1) is 12.5 Å². The maximum Gasteiger partial charge on any atom is -0.0181 e. The van der Waals surface area contributed by atoms with Gasteiger partial charge in [0.15, 0.2) is 0 Å². The fourth-order valence-electron chi connectivity index (χ4n) is 1.27. The minimum absolute atomic E-state index is 1.15. The Hall–Kier alpha value is -0.780. The normalized spacial score (nSPS) is 15.6. The second-order valence-electron chi connectivity index (χ2n) is 2.39. The third-order valence-electron chi connectivity index (χ3n) is 1.78. The van der Waals surface area contributed by atoms with Gasteiger partial charge in [-0.25, -0.2) is 0 Å². The molecule has 9 heavy (non-hydrogen) atoms. The van der Waals surface area contributed by atoms with Crippen LogP contribution in [-0.4, -0.2) is 0 Å². The maximum absolute atomic E-state index is 3.07. The van der Waals surface area contributed by atoms with Gasteiger partial charge in [-0.15, -0.1) is 0 Å². The van der Waals surface area contributed by atoms with Gasteiger partial charge in [-0.1, -0.05) is 18.2 Å². The van der Waals surface area contributed by atoms with Crippen molar-refractivity contribution < 1.29 is 0 Å². The molecule has 0 aromatic heterocycles. The average molecular weight is 116 g/mol. The maximum atomic E-state index is 3.07. The Kier molecular flexibility index (Phi) is 1.05. The smallest absolute Gasteiger partial charge is 0.0181 e. The summed E-state index contributed by atoms with van der Waals surface area (Å²) in [4.78, 5) is 0. The highest BCUT2D eigenvalue weighted by Gasteiger charge is 2.07. The third kappa shape index (κ3) is 0.748. The van der Waals surface area contributed by atoms with Gasteiger partial charge in [0.2, 0.25) is 0 Å². The molecule has 0 aliphatic heterocycles. The first-order valence-corrected chi connectivity index (χ1v) is 3.26. The van der Waals surface area contributed by atoms with Crippen molar-refractivity contribution >= 4 is 0 Å². The highest BCUT2D eigenvalue weighted by Crippen LogP contribution is 2.19. The van der Waals surface area contributed by atoms with Crippen molar-refractivity contribution in [2.45, 2.75) is 12.8 Å². The lowest BCUT2D eigenvalue weighted by molar-refractivity contribution is 1.17. The largest absolute Gasteiger partial charge is 0.0581 e. The van der Waals surface area contributed by atoms with Gasteiger partial charge in [-0.05, 0) is 36.5 Å². The summed E-state index contributed by atoms with van der Waals surface area (Å²) in [5, 5.41) is 0. The van der Waals surface area contributed by atoms with Crippen LogP contribution in [0.5, 0.6) is 0 Å². The fraction of sp³-hybridized carbons (Fsp3) is 0.222. The molecule has 2 radical (unpaired) electrons. The average Bonchev–Trinajstić information content (AvgIpc) is 2.33. The molecule has 0 unspecified atom stereocenters. The van der Waals surface area contributed by atoms with E-state index >= 15 is 0 Å². The van der Waals surface area contributed by atoms with Gasteiger partial charge in [-0.2, -0.15) is 0 Å². The van der Waals surface area contributed by atoms with Crippen molar-refractivity contribution in [2.24, 2.45) is 0 Å². The van der Waals surface area contributed by atoms with Crippen LogP contribution in [0.4, 0.5) is 0 Å². The standard InChI is InChI=1S/C9H8/c1-2-5-9-7-3-6-8(9)4-1/h1,3-5H,6-7H2. The zero-order chi connectivity index (χ0) is 6.10. The summed E-state index contributed by atoms with van der Waals surface area (Å²) >= 11 is 0. The van der Waals surface area contributed by atoms with E-state index in [0.717, 1.165) is 12.8 Å². The summed E-state index contributed by atoms with van der Waals surface area (Å²) < 4.78 is 0. The highest BCUT2D eigenvalue weighted by atomic mass is 14.1. The first-order valence-electron chi connectivity index (χ1n) is 3.26. The van der Waals surface area contributed by atoms with Crippen LogP contribution in [0.2, 0.25) is 0 Å². The van der Waals surface area contributed by atoms with Crippen LogP contribution in [-0.2, 0) is 12.8 Å². The molecule has 1 aromatic carbocycles. The summed E-state index contributed by atoms with van der Waals surface area (Å²) in [6.07, 6.45) is 4.61. The molecule has 1 aromatic rings. The Morgan fingerprint density at radius 3 is 3.00 bits per heavy atom. The van der Waals surface area contributed by atoms with Crippen molar-refractivity contribution in [3.63, 3.8) is 0 Å². The lowest BCUT2D eigenvalue weighted by Gasteiger charge is -1.92. The van der Waals surface area contributed by atoms with Gasteiger partial charge in [0.05, 0.1) is 0 Å². The van der Waals surface area contributed by atoms with E-state index in [0.29, 0.717) is 0 Å². The molecule has 2 rings (SSSR count). The predicted molar refractivity (Wildman–Crippen MR) is 37.0 cm³/mol. The van der Waals surface area contributed by atoms with Crippen LogP contribution in [0.25, 0.3) is 0 Å². The quantitative estimate of drug-likeness (QED) is 0.484.